The lowest BCUT2D eigenvalue weighted by Gasteiger charge is -2.29. The molecule has 1 aromatic heterocycles. The van der Waals surface area contributed by atoms with E-state index in [9.17, 15) is 9.90 Å². The van der Waals surface area contributed by atoms with Crippen molar-refractivity contribution in [3.63, 3.8) is 0 Å². The van der Waals surface area contributed by atoms with Crippen molar-refractivity contribution in [2.45, 2.75) is 26.8 Å². The smallest absolute Gasteiger partial charge is 0.336 e. The molecule has 0 saturated carbocycles. The first-order valence-corrected chi connectivity index (χ1v) is 8.56. The monoisotopic (exact) mass is 318 g/mol. The predicted molar refractivity (Wildman–Crippen MR) is 89.2 cm³/mol. The van der Waals surface area contributed by atoms with Crippen molar-refractivity contribution in [1.29, 1.82) is 0 Å². The van der Waals surface area contributed by atoms with Crippen LogP contribution in [0.25, 0.3) is 11.0 Å². The molecule has 0 spiro atoms. The molecule has 124 valence electrons. The Balaban J connectivity index is 1.92. The molecule has 1 aliphatic heterocycles. The van der Waals surface area contributed by atoms with Gasteiger partial charge in [0.2, 0.25) is 0 Å². The van der Waals surface area contributed by atoms with Gasteiger partial charge in [0.15, 0.2) is 0 Å². The number of piperazine rings is 1. The summed E-state index contributed by atoms with van der Waals surface area (Å²) >= 11 is 0. The van der Waals surface area contributed by atoms with Gasteiger partial charge in [0.1, 0.15) is 44.1 Å². The number of phenolic OH excluding ortho intramolecular Hbond substituents is 1. The number of hydrogen-bond donors (Lipinski definition) is 3. The second kappa shape index (κ2) is 6.72. The highest BCUT2D eigenvalue weighted by atomic mass is 16.4. The van der Waals surface area contributed by atoms with E-state index < -0.39 is 0 Å². The van der Waals surface area contributed by atoms with Gasteiger partial charge in [-0.05, 0) is 25.0 Å². The Morgan fingerprint density at radius 2 is 1.74 bits per heavy atom. The summed E-state index contributed by atoms with van der Waals surface area (Å²) in [6.45, 7) is 10.9. The number of quaternary nitrogens is 2. The lowest BCUT2D eigenvalue weighted by atomic mass is 10.0. The summed E-state index contributed by atoms with van der Waals surface area (Å²) in [5, 5.41) is 11.0. The fourth-order valence-electron chi connectivity index (χ4n) is 3.49. The van der Waals surface area contributed by atoms with E-state index in [1.807, 2.05) is 13.0 Å². The van der Waals surface area contributed by atoms with E-state index in [0.29, 0.717) is 5.58 Å². The number of benzene rings is 1. The molecule has 5 nitrogen and oxygen atoms in total. The van der Waals surface area contributed by atoms with Crippen LogP contribution in [0.15, 0.2) is 27.4 Å². The van der Waals surface area contributed by atoms with Crippen molar-refractivity contribution < 1.29 is 19.3 Å². The topological polar surface area (TPSA) is 59.3 Å². The maximum atomic E-state index is 11.8. The minimum Gasteiger partial charge on any atom is -0.508 e. The maximum Gasteiger partial charge on any atom is 0.336 e. The molecule has 3 N–H and O–H groups in total. The minimum absolute atomic E-state index is 0.202. The van der Waals surface area contributed by atoms with Crippen LogP contribution in [0.5, 0.6) is 5.75 Å². The normalized spacial score (nSPS) is 21.7. The molecule has 1 saturated heterocycles. The van der Waals surface area contributed by atoms with Gasteiger partial charge in [0, 0.05) is 23.1 Å². The molecule has 5 heteroatoms. The number of fused-ring (bicyclic) bond motifs is 1. The highest BCUT2D eigenvalue weighted by molar-refractivity contribution is 5.82. The van der Waals surface area contributed by atoms with Gasteiger partial charge in [-0.1, -0.05) is 6.92 Å². The summed E-state index contributed by atoms with van der Waals surface area (Å²) in [6.07, 6.45) is 0.756. The van der Waals surface area contributed by atoms with Crippen LogP contribution in [0.2, 0.25) is 0 Å². The Hall–Kier alpha value is -1.85. The molecule has 1 aliphatic rings. The zero-order chi connectivity index (χ0) is 16.4. The molecular weight excluding hydrogens is 292 g/mol. The van der Waals surface area contributed by atoms with Crippen LogP contribution in [0.3, 0.4) is 0 Å². The molecular formula is C18H26N2O3+2. The van der Waals surface area contributed by atoms with Gasteiger partial charge in [-0.3, -0.25) is 0 Å². The Kier molecular flexibility index (Phi) is 4.68. The molecule has 0 bridgehead atoms. The van der Waals surface area contributed by atoms with E-state index in [4.69, 9.17) is 4.42 Å². The zero-order valence-electron chi connectivity index (χ0n) is 13.9. The fraction of sp³-hybridized carbons (Fsp3) is 0.500. The Bertz CT molecular complexity index is 746. The summed E-state index contributed by atoms with van der Waals surface area (Å²) in [5.41, 5.74) is 2.07. The van der Waals surface area contributed by atoms with E-state index in [0.717, 1.165) is 42.6 Å². The number of rotatable bonds is 4. The lowest BCUT2D eigenvalue weighted by Crippen LogP contribution is -3.27. The van der Waals surface area contributed by atoms with E-state index >= 15 is 0 Å². The van der Waals surface area contributed by atoms with Crippen molar-refractivity contribution in [3.05, 3.63) is 39.7 Å². The minimum atomic E-state index is -0.339. The number of aryl methyl sites for hydroxylation is 1. The van der Waals surface area contributed by atoms with Crippen LogP contribution >= 0.6 is 0 Å². The van der Waals surface area contributed by atoms with Gasteiger partial charge >= 0.3 is 5.63 Å². The van der Waals surface area contributed by atoms with Gasteiger partial charge in [0.25, 0.3) is 0 Å². The third-order valence-electron chi connectivity index (χ3n) is 5.01. The fourth-order valence-corrected chi connectivity index (χ4v) is 3.49. The average molecular weight is 318 g/mol. The Morgan fingerprint density at radius 1 is 1.04 bits per heavy atom. The second-order valence-electron chi connectivity index (χ2n) is 6.45. The van der Waals surface area contributed by atoms with Crippen molar-refractivity contribution in [3.8, 4) is 5.75 Å². The van der Waals surface area contributed by atoms with Gasteiger partial charge in [-0.15, -0.1) is 0 Å². The van der Waals surface area contributed by atoms with Crippen molar-refractivity contribution in [2.75, 3.05) is 32.7 Å². The molecule has 0 aliphatic carbocycles. The quantitative estimate of drug-likeness (QED) is 0.658. The first-order chi connectivity index (χ1) is 11.1. The van der Waals surface area contributed by atoms with Gasteiger partial charge in [0.05, 0.1) is 6.54 Å². The van der Waals surface area contributed by atoms with E-state index in [1.54, 1.807) is 17.0 Å². The highest BCUT2D eigenvalue weighted by Gasteiger charge is 2.23. The standard InChI is InChI=1S/C18H24N2O3/c1-3-13-9-15-14(10-18(22)23-17(15)11-16(13)21)12-20-7-5-19(4-2)6-8-20/h9-11,21H,3-8,12H2,1-2H3/p+2. The summed E-state index contributed by atoms with van der Waals surface area (Å²) in [7, 11) is 0. The molecule has 1 aromatic carbocycles. The Morgan fingerprint density at radius 3 is 2.39 bits per heavy atom. The van der Waals surface area contributed by atoms with E-state index in [2.05, 4.69) is 6.92 Å². The summed E-state index contributed by atoms with van der Waals surface area (Å²) in [4.78, 5) is 15.0. The third kappa shape index (κ3) is 3.41. The zero-order valence-corrected chi connectivity index (χ0v) is 13.9. The van der Waals surface area contributed by atoms with Gasteiger partial charge in [-0.25, -0.2) is 4.79 Å². The number of phenols is 1. The molecule has 2 aromatic rings. The maximum absolute atomic E-state index is 11.8. The van der Waals surface area contributed by atoms with Crippen molar-refractivity contribution >= 4 is 11.0 Å². The van der Waals surface area contributed by atoms with Crippen LogP contribution in [0.1, 0.15) is 25.0 Å². The summed E-state index contributed by atoms with van der Waals surface area (Å²) in [6, 6.07) is 5.16. The van der Waals surface area contributed by atoms with Gasteiger partial charge < -0.3 is 19.3 Å². The summed E-state index contributed by atoms with van der Waals surface area (Å²) in [5.74, 6) is 0.202. The lowest BCUT2D eigenvalue weighted by molar-refractivity contribution is -1.02. The molecule has 0 amide bonds. The number of hydrogen-bond acceptors (Lipinski definition) is 3. The number of aromatic hydroxyl groups is 1. The first kappa shape index (κ1) is 16.0. The number of nitrogens with one attached hydrogen (secondary N) is 2. The second-order valence-corrected chi connectivity index (χ2v) is 6.45. The molecule has 2 heterocycles. The molecule has 3 rings (SSSR count). The first-order valence-electron chi connectivity index (χ1n) is 8.56. The van der Waals surface area contributed by atoms with Crippen LogP contribution in [-0.4, -0.2) is 37.8 Å². The van der Waals surface area contributed by atoms with Gasteiger partial charge in [-0.2, -0.15) is 0 Å². The van der Waals surface area contributed by atoms with Crippen LogP contribution in [-0.2, 0) is 13.0 Å². The SMILES string of the molecule is CCc1cc2c(C[NH+]3CC[NH+](CC)CC3)cc(=O)oc2cc1O. The summed E-state index contributed by atoms with van der Waals surface area (Å²) < 4.78 is 5.28. The molecule has 23 heavy (non-hydrogen) atoms. The average Bonchev–Trinajstić information content (AvgIpc) is 2.55. The molecule has 0 atom stereocenters. The van der Waals surface area contributed by atoms with E-state index in [1.165, 1.54) is 24.5 Å². The molecule has 0 radical (unpaired) electrons. The largest absolute Gasteiger partial charge is 0.508 e. The highest BCUT2D eigenvalue weighted by Crippen LogP contribution is 2.26. The van der Waals surface area contributed by atoms with Crippen LogP contribution < -0.4 is 15.4 Å². The predicted octanol–water partition coefficient (Wildman–Crippen LogP) is -0.636. The molecule has 1 fully saturated rings. The van der Waals surface area contributed by atoms with Crippen LogP contribution in [0, 0.1) is 0 Å². The number of likely N-dealkylation sites (N-methyl/N-ethyl adjacent to an activating group) is 1. The van der Waals surface area contributed by atoms with Crippen LogP contribution in [0.4, 0.5) is 0 Å². The molecule has 0 unspecified atom stereocenters. The third-order valence-corrected chi connectivity index (χ3v) is 5.01. The Labute approximate surface area is 136 Å². The van der Waals surface area contributed by atoms with Crippen molar-refractivity contribution in [2.24, 2.45) is 0 Å². The van der Waals surface area contributed by atoms with Crippen molar-refractivity contribution in [1.82, 2.24) is 0 Å². The van der Waals surface area contributed by atoms with E-state index in [-0.39, 0.29) is 11.4 Å².